The molecule has 0 aliphatic carbocycles. The number of aromatic nitrogens is 2. The molecular formula is C16H19FN4OS. The number of nitrogens with one attached hydrogen (secondary N) is 1. The summed E-state index contributed by atoms with van der Waals surface area (Å²) >= 11 is 1.19. The minimum atomic E-state index is -0.217. The van der Waals surface area contributed by atoms with Gasteiger partial charge in [0, 0.05) is 24.6 Å². The molecule has 7 heteroatoms. The van der Waals surface area contributed by atoms with Gasteiger partial charge in [-0.05, 0) is 49.8 Å². The van der Waals surface area contributed by atoms with Gasteiger partial charge in [-0.2, -0.15) is 4.37 Å². The number of piperidine rings is 1. The van der Waals surface area contributed by atoms with Crippen LogP contribution in [0.3, 0.4) is 0 Å². The van der Waals surface area contributed by atoms with Crippen molar-refractivity contribution in [3.63, 3.8) is 0 Å². The molecule has 1 N–H and O–H groups in total. The van der Waals surface area contributed by atoms with E-state index in [0.717, 1.165) is 31.4 Å². The van der Waals surface area contributed by atoms with Crippen molar-refractivity contribution in [3.05, 3.63) is 41.5 Å². The maximum absolute atomic E-state index is 13.0. The number of amides is 2. The lowest BCUT2D eigenvalue weighted by Crippen LogP contribution is -2.42. The largest absolute Gasteiger partial charge is 0.324 e. The first-order valence-electron chi connectivity index (χ1n) is 7.71. The van der Waals surface area contributed by atoms with Crippen molar-refractivity contribution in [2.24, 2.45) is 5.92 Å². The van der Waals surface area contributed by atoms with Crippen molar-refractivity contribution in [1.29, 1.82) is 0 Å². The highest BCUT2D eigenvalue weighted by atomic mass is 32.1. The monoisotopic (exact) mass is 334 g/mol. The lowest BCUT2D eigenvalue weighted by molar-refractivity contribution is 0.177. The van der Waals surface area contributed by atoms with Crippen LogP contribution in [-0.2, 0) is 6.42 Å². The molecule has 5 nitrogen and oxygen atoms in total. The fourth-order valence-corrected chi connectivity index (χ4v) is 3.45. The van der Waals surface area contributed by atoms with E-state index in [-0.39, 0.29) is 11.8 Å². The molecule has 2 amide bonds. The molecule has 2 aromatic rings. The van der Waals surface area contributed by atoms with Crippen LogP contribution in [-0.4, -0.2) is 33.4 Å². The number of anilines is 1. The number of hydrogen-bond donors (Lipinski definition) is 1. The van der Waals surface area contributed by atoms with Gasteiger partial charge in [-0.1, -0.05) is 12.1 Å². The van der Waals surface area contributed by atoms with Gasteiger partial charge in [0.2, 0.25) is 5.13 Å². The smallest absolute Gasteiger partial charge is 0.323 e. The summed E-state index contributed by atoms with van der Waals surface area (Å²) in [4.78, 5) is 18.3. The Morgan fingerprint density at radius 2 is 2.22 bits per heavy atom. The van der Waals surface area contributed by atoms with Crippen LogP contribution in [0, 0.1) is 18.7 Å². The van der Waals surface area contributed by atoms with Gasteiger partial charge in [-0.15, -0.1) is 0 Å². The second-order valence-electron chi connectivity index (χ2n) is 5.86. The predicted octanol–water partition coefficient (Wildman–Crippen LogP) is 3.47. The number of aryl methyl sites for hydroxylation is 1. The average molecular weight is 334 g/mol. The SMILES string of the molecule is Cc1nsc(NC(=O)N2CCC[C@H](Cc3ccc(F)cc3)C2)n1. The van der Waals surface area contributed by atoms with Crippen molar-refractivity contribution >= 4 is 22.7 Å². The third-order valence-corrected chi connectivity index (χ3v) is 4.71. The molecule has 0 bridgehead atoms. The summed E-state index contributed by atoms with van der Waals surface area (Å²) in [6.45, 7) is 3.26. The summed E-state index contributed by atoms with van der Waals surface area (Å²) < 4.78 is 17.0. The van der Waals surface area contributed by atoms with Gasteiger partial charge < -0.3 is 4.90 Å². The zero-order valence-corrected chi connectivity index (χ0v) is 13.8. The lowest BCUT2D eigenvalue weighted by Gasteiger charge is -2.32. The van der Waals surface area contributed by atoms with Gasteiger partial charge >= 0.3 is 6.03 Å². The van der Waals surface area contributed by atoms with Crippen LogP contribution in [0.5, 0.6) is 0 Å². The summed E-state index contributed by atoms with van der Waals surface area (Å²) in [6.07, 6.45) is 2.93. The molecule has 23 heavy (non-hydrogen) atoms. The second-order valence-corrected chi connectivity index (χ2v) is 6.61. The first-order valence-corrected chi connectivity index (χ1v) is 8.48. The number of nitrogens with zero attached hydrogens (tertiary/aromatic N) is 3. The number of rotatable bonds is 3. The molecule has 2 heterocycles. The highest BCUT2D eigenvalue weighted by Crippen LogP contribution is 2.22. The van der Waals surface area contributed by atoms with Crippen molar-refractivity contribution in [2.75, 3.05) is 18.4 Å². The molecule has 1 aromatic heterocycles. The van der Waals surface area contributed by atoms with Crippen LogP contribution in [0.4, 0.5) is 14.3 Å². The third kappa shape index (κ3) is 4.25. The number of carbonyl (C=O) groups is 1. The molecule has 1 aliphatic heterocycles. The third-order valence-electron chi connectivity index (χ3n) is 3.99. The average Bonchev–Trinajstić information content (AvgIpc) is 2.95. The molecule has 0 saturated carbocycles. The molecule has 0 radical (unpaired) electrons. The zero-order valence-electron chi connectivity index (χ0n) is 13.0. The van der Waals surface area contributed by atoms with Crippen molar-refractivity contribution in [3.8, 4) is 0 Å². The molecule has 122 valence electrons. The highest BCUT2D eigenvalue weighted by Gasteiger charge is 2.24. The van der Waals surface area contributed by atoms with E-state index in [4.69, 9.17) is 0 Å². The van der Waals surface area contributed by atoms with E-state index in [2.05, 4.69) is 14.7 Å². The standard InChI is InChI=1S/C16H19FN4OS/c1-11-18-15(23-20-11)19-16(22)21-8-2-3-13(10-21)9-12-4-6-14(17)7-5-12/h4-7,13H,2-3,8-10H2,1H3,(H,18,19,20,22)/t13-/m1/s1. The van der Waals surface area contributed by atoms with Gasteiger partial charge in [0.1, 0.15) is 11.6 Å². The van der Waals surface area contributed by atoms with E-state index >= 15 is 0 Å². The maximum Gasteiger partial charge on any atom is 0.323 e. The number of halogens is 1. The minimum absolute atomic E-state index is 0.120. The fraction of sp³-hybridized carbons (Fsp3) is 0.438. The van der Waals surface area contributed by atoms with Gasteiger partial charge in [-0.25, -0.2) is 14.2 Å². The summed E-state index contributed by atoms with van der Waals surface area (Å²) in [6, 6.07) is 6.49. The molecule has 0 spiro atoms. The number of likely N-dealkylation sites (tertiary alicyclic amines) is 1. The summed E-state index contributed by atoms with van der Waals surface area (Å²) in [5.41, 5.74) is 1.11. The Hall–Kier alpha value is -2.02. The van der Waals surface area contributed by atoms with Crippen LogP contribution in [0.2, 0.25) is 0 Å². The highest BCUT2D eigenvalue weighted by molar-refractivity contribution is 7.09. The molecule has 3 rings (SSSR count). The fourth-order valence-electron chi connectivity index (χ4n) is 2.89. The van der Waals surface area contributed by atoms with Crippen LogP contribution in [0.15, 0.2) is 24.3 Å². The van der Waals surface area contributed by atoms with Crippen LogP contribution < -0.4 is 5.32 Å². The summed E-state index contributed by atoms with van der Waals surface area (Å²) in [5.74, 6) is 0.847. The topological polar surface area (TPSA) is 58.1 Å². The number of hydrogen-bond acceptors (Lipinski definition) is 4. The Morgan fingerprint density at radius 1 is 1.43 bits per heavy atom. The number of carbonyl (C=O) groups excluding carboxylic acids is 1. The van der Waals surface area contributed by atoms with Gasteiger partial charge in [0.05, 0.1) is 0 Å². The predicted molar refractivity (Wildman–Crippen MR) is 88.1 cm³/mol. The Balaban J connectivity index is 1.57. The Labute approximate surface area is 138 Å². The van der Waals surface area contributed by atoms with Gasteiger partial charge in [0.25, 0.3) is 0 Å². The van der Waals surface area contributed by atoms with E-state index in [9.17, 15) is 9.18 Å². The number of benzene rings is 1. The van der Waals surface area contributed by atoms with Gasteiger partial charge in [0.15, 0.2) is 0 Å². The lowest BCUT2D eigenvalue weighted by atomic mass is 9.91. The molecule has 1 fully saturated rings. The summed E-state index contributed by atoms with van der Waals surface area (Å²) in [5, 5.41) is 3.34. The first-order chi connectivity index (χ1) is 11.1. The maximum atomic E-state index is 13.0. The van der Waals surface area contributed by atoms with E-state index in [0.29, 0.717) is 23.4 Å². The van der Waals surface area contributed by atoms with Crippen molar-refractivity contribution in [2.45, 2.75) is 26.2 Å². The van der Waals surface area contributed by atoms with Gasteiger partial charge in [-0.3, -0.25) is 5.32 Å². The van der Waals surface area contributed by atoms with Crippen LogP contribution in [0.25, 0.3) is 0 Å². The van der Waals surface area contributed by atoms with Crippen LogP contribution >= 0.6 is 11.5 Å². The molecule has 1 aliphatic rings. The van der Waals surface area contributed by atoms with Crippen molar-refractivity contribution in [1.82, 2.24) is 14.3 Å². The Morgan fingerprint density at radius 3 is 2.91 bits per heavy atom. The Bertz CT molecular complexity index is 673. The van der Waals surface area contributed by atoms with E-state index < -0.39 is 0 Å². The minimum Gasteiger partial charge on any atom is -0.324 e. The molecule has 1 aromatic carbocycles. The quantitative estimate of drug-likeness (QED) is 0.935. The summed E-state index contributed by atoms with van der Waals surface area (Å²) in [7, 11) is 0. The Kier molecular flexibility index (Phi) is 4.85. The van der Waals surface area contributed by atoms with E-state index in [1.807, 2.05) is 17.0 Å². The number of urea groups is 1. The second kappa shape index (κ2) is 7.04. The zero-order chi connectivity index (χ0) is 16.2. The van der Waals surface area contributed by atoms with Crippen LogP contribution in [0.1, 0.15) is 24.2 Å². The molecule has 1 saturated heterocycles. The molecular weight excluding hydrogens is 315 g/mol. The molecule has 0 unspecified atom stereocenters. The van der Waals surface area contributed by atoms with Crippen molar-refractivity contribution < 1.29 is 9.18 Å². The molecule has 1 atom stereocenters. The van der Waals surface area contributed by atoms with E-state index in [1.54, 1.807) is 6.92 Å². The normalized spacial score (nSPS) is 18.0. The van der Waals surface area contributed by atoms with E-state index in [1.165, 1.54) is 23.7 Å². The first kappa shape index (κ1) is 15.9.